The molecule has 0 aromatic carbocycles. The van der Waals surface area contributed by atoms with Crippen molar-refractivity contribution >= 4 is 29.5 Å². The minimum atomic E-state index is 0.231. The summed E-state index contributed by atoms with van der Waals surface area (Å²) in [5.41, 5.74) is 1.63. The molecule has 0 unspecified atom stereocenters. The molecule has 26 heavy (non-hydrogen) atoms. The van der Waals surface area contributed by atoms with Gasteiger partial charge in [0.05, 0.1) is 5.39 Å². The van der Waals surface area contributed by atoms with E-state index in [1.165, 1.54) is 10.4 Å². The van der Waals surface area contributed by atoms with E-state index in [2.05, 4.69) is 30.1 Å². The second-order valence-corrected chi connectivity index (χ2v) is 8.83. The maximum atomic E-state index is 9.42. The third-order valence-electron chi connectivity index (χ3n) is 6.55. The van der Waals surface area contributed by atoms with Crippen LogP contribution in [-0.4, -0.2) is 41.3 Å². The van der Waals surface area contributed by atoms with E-state index in [4.69, 9.17) is 4.74 Å². The molecule has 2 N–H and O–H groups in total. The Morgan fingerprint density at radius 3 is 2.85 bits per heavy atom. The maximum Gasteiger partial charge on any atom is 0.225 e. The van der Waals surface area contributed by atoms with Gasteiger partial charge in [0, 0.05) is 17.0 Å². The molecule has 0 spiro atoms. The van der Waals surface area contributed by atoms with Gasteiger partial charge in [-0.3, -0.25) is 0 Å². The van der Waals surface area contributed by atoms with Crippen LogP contribution in [0.5, 0.6) is 5.88 Å². The zero-order valence-corrected chi connectivity index (χ0v) is 16.6. The lowest BCUT2D eigenvalue weighted by Crippen LogP contribution is -2.47. The second kappa shape index (κ2) is 7.45. The Labute approximate surface area is 160 Å². The van der Waals surface area contributed by atoms with E-state index in [0.717, 1.165) is 67.5 Å². The van der Waals surface area contributed by atoms with Gasteiger partial charge in [0.25, 0.3) is 0 Å². The molecule has 2 heterocycles. The molecule has 0 saturated heterocycles. The van der Waals surface area contributed by atoms with Gasteiger partial charge in [0.1, 0.15) is 17.3 Å². The van der Waals surface area contributed by atoms with E-state index < -0.39 is 0 Å². The van der Waals surface area contributed by atoms with Crippen LogP contribution in [0.15, 0.2) is 6.33 Å². The molecule has 140 valence electrons. The summed E-state index contributed by atoms with van der Waals surface area (Å²) in [7, 11) is 2.08. The van der Waals surface area contributed by atoms with Crippen LogP contribution >= 0.6 is 11.3 Å². The number of hydrogen-bond donors (Lipinski definition) is 2. The molecular weight excluding hydrogens is 345 g/mol. The largest absolute Gasteiger partial charge is 0.474 e. The first kappa shape index (κ1) is 18.2. The number of hydrogen-bond acceptors (Lipinski definition) is 6. The van der Waals surface area contributed by atoms with Gasteiger partial charge in [-0.1, -0.05) is 6.92 Å². The summed E-state index contributed by atoms with van der Waals surface area (Å²) < 4.78 is 6.43. The minimum absolute atomic E-state index is 0.231. The molecule has 0 bridgehead atoms. The third kappa shape index (κ3) is 3.14. The lowest BCUT2D eigenvalue weighted by atomic mass is 9.77. The van der Waals surface area contributed by atoms with E-state index in [1.807, 2.05) is 0 Å². The number of aryl methyl sites for hydroxylation is 1. The van der Waals surface area contributed by atoms with Gasteiger partial charge >= 0.3 is 0 Å². The zero-order valence-electron chi connectivity index (χ0n) is 15.8. The van der Waals surface area contributed by atoms with Crippen molar-refractivity contribution in [3.63, 3.8) is 0 Å². The summed E-state index contributed by atoms with van der Waals surface area (Å²) in [6, 6.07) is 0. The predicted molar refractivity (Wildman–Crippen MR) is 108 cm³/mol. The van der Waals surface area contributed by atoms with Gasteiger partial charge in [-0.05, 0) is 62.8 Å². The van der Waals surface area contributed by atoms with Gasteiger partial charge in [-0.2, -0.15) is 0 Å². The first-order chi connectivity index (χ1) is 12.7. The number of nitrogens with zero attached hydrogens (tertiary/aromatic N) is 2. The summed E-state index contributed by atoms with van der Waals surface area (Å²) in [6.07, 6.45) is 10.5. The van der Waals surface area contributed by atoms with Gasteiger partial charge in [-0.25, -0.2) is 9.97 Å². The molecule has 1 atom stereocenters. The normalized spacial score (nSPS) is 28.4. The maximum absolute atomic E-state index is 9.42. The summed E-state index contributed by atoms with van der Waals surface area (Å²) in [4.78, 5) is 11.5. The van der Waals surface area contributed by atoms with E-state index in [1.54, 1.807) is 17.7 Å². The highest BCUT2D eigenvalue weighted by Crippen LogP contribution is 2.47. The van der Waals surface area contributed by atoms with Crippen LogP contribution in [0.25, 0.3) is 10.2 Å². The summed E-state index contributed by atoms with van der Waals surface area (Å²) in [5.74, 6) is 1.18. The molecule has 0 radical (unpaired) electrons. The van der Waals surface area contributed by atoms with E-state index in [9.17, 15) is 5.11 Å². The Bertz CT molecular complexity index is 767. The SMILES string of the molecule is BN[C@]1(CC)CC[C@@H](Oc2ncnc3sc4c(c23)[C@@H](CCO)CC4)CC1. The fourth-order valence-electron chi connectivity index (χ4n) is 4.77. The predicted octanol–water partition coefficient (Wildman–Crippen LogP) is 2.71. The molecule has 2 aromatic rings. The Morgan fingerprint density at radius 1 is 1.35 bits per heavy atom. The molecule has 7 heteroatoms. The molecule has 1 fully saturated rings. The second-order valence-electron chi connectivity index (χ2n) is 7.75. The lowest BCUT2D eigenvalue weighted by molar-refractivity contribution is 0.107. The highest BCUT2D eigenvalue weighted by atomic mass is 32.1. The number of aliphatic hydroxyl groups is 1. The zero-order chi connectivity index (χ0) is 18.1. The quantitative estimate of drug-likeness (QED) is 0.763. The van der Waals surface area contributed by atoms with Crippen molar-refractivity contribution in [2.45, 2.75) is 75.9 Å². The van der Waals surface area contributed by atoms with Gasteiger partial charge in [0.15, 0.2) is 7.98 Å². The van der Waals surface area contributed by atoms with E-state index >= 15 is 0 Å². The highest BCUT2D eigenvalue weighted by Gasteiger charge is 2.34. The Balaban J connectivity index is 1.58. The van der Waals surface area contributed by atoms with Crippen molar-refractivity contribution < 1.29 is 9.84 Å². The Hall–Kier alpha value is -1.18. The summed E-state index contributed by atoms with van der Waals surface area (Å²) >= 11 is 1.78. The molecule has 2 aromatic heterocycles. The Kier molecular flexibility index (Phi) is 5.21. The first-order valence-corrected chi connectivity index (χ1v) is 10.7. The lowest BCUT2D eigenvalue weighted by Gasteiger charge is -2.39. The van der Waals surface area contributed by atoms with Gasteiger partial charge in [-0.15, -0.1) is 11.3 Å². The van der Waals surface area contributed by atoms with Crippen molar-refractivity contribution in [1.29, 1.82) is 0 Å². The number of nitrogens with one attached hydrogen (secondary N) is 1. The van der Waals surface area contributed by atoms with Gasteiger partial charge < -0.3 is 15.1 Å². The van der Waals surface area contributed by atoms with Crippen LogP contribution in [0.4, 0.5) is 0 Å². The topological polar surface area (TPSA) is 67.3 Å². The monoisotopic (exact) mass is 373 g/mol. The molecule has 2 aliphatic rings. The highest BCUT2D eigenvalue weighted by molar-refractivity contribution is 7.19. The van der Waals surface area contributed by atoms with Crippen molar-refractivity contribution in [2.24, 2.45) is 0 Å². The molecule has 0 amide bonds. The van der Waals surface area contributed by atoms with Crippen molar-refractivity contribution in [3.05, 3.63) is 16.8 Å². The summed E-state index contributed by atoms with van der Waals surface area (Å²) in [5, 5.41) is 14.1. The van der Waals surface area contributed by atoms with E-state index in [-0.39, 0.29) is 18.2 Å². The van der Waals surface area contributed by atoms with Crippen LogP contribution in [0.3, 0.4) is 0 Å². The fourth-order valence-corrected chi connectivity index (χ4v) is 6.01. The van der Waals surface area contributed by atoms with Crippen molar-refractivity contribution in [3.8, 4) is 5.88 Å². The molecule has 1 saturated carbocycles. The number of fused-ring (bicyclic) bond motifs is 3. The fraction of sp³-hybridized carbons (Fsp3) is 0.684. The van der Waals surface area contributed by atoms with Crippen LogP contribution in [-0.2, 0) is 6.42 Å². The number of rotatable bonds is 6. The van der Waals surface area contributed by atoms with Crippen LogP contribution in [0.2, 0.25) is 0 Å². The molecule has 0 aliphatic heterocycles. The number of ether oxygens (including phenoxy) is 1. The molecule has 4 rings (SSSR count). The smallest absolute Gasteiger partial charge is 0.225 e. The average Bonchev–Trinajstić information content (AvgIpc) is 3.23. The number of aromatic nitrogens is 2. The number of aliphatic hydroxyl groups excluding tert-OH is 1. The summed E-state index contributed by atoms with van der Waals surface area (Å²) in [6.45, 7) is 2.50. The van der Waals surface area contributed by atoms with Crippen molar-refractivity contribution in [1.82, 2.24) is 15.2 Å². The average molecular weight is 373 g/mol. The number of thiophene rings is 1. The molecule has 2 aliphatic carbocycles. The van der Waals surface area contributed by atoms with Crippen LogP contribution in [0, 0.1) is 0 Å². The van der Waals surface area contributed by atoms with E-state index in [0.29, 0.717) is 5.92 Å². The minimum Gasteiger partial charge on any atom is -0.474 e. The third-order valence-corrected chi connectivity index (χ3v) is 7.72. The van der Waals surface area contributed by atoms with Crippen molar-refractivity contribution in [2.75, 3.05) is 6.61 Å². The van der Waals surface area contributed by atoms with Crippen LogP contribution < -0.4 is 9.96 Å². The first-order valence-electron chi connectivity index (χ1n) is 9.92. The molecular formula is C19H28BN3O2S. The molecule has 5 nitrogen and oxygen atoms in total. The van der Waals surface area contributed by atoms with Crippen LogP contribution in [0.1, 0.15) is 68.2 Å². The Morgan fingerprint density at radius 2 is 2.15 bits per heavy atom. The standard InChI is InChI=1S/C19H28BN3O2S/c1-2-19(23-20)8-5-13(6-9-19)25-17-16-15-12(7-10-24)3-4-14(15)26-18(16)22-11-21-17/h11-13,23-24H,2-10,20H2,1H3/t12-,13-,19-/m1/s1. The van der Waals surface area contributed by atoms with Gasteiger partial charge in [0.2, 0.25) is 5.88 Å².